The molecule has 0 unspecified atom stereocenters. The van der Waals surface area contributed by atoms with Gasteiger partial charge in [0.1, 0.15) is 0 Å². The highest BCUT2D eigenvalue weighted by atomic mass is 16.2. The van der Waals surface area contributed by atoms with Crippen LogP contribution in [0.5, 0.6) is 0 Å². The third-order valence-electron chi connectivity index (χ3n) is 2.64. The molecule has 0 aliphatic rings. The van der Waals surface area contributed by atoms with Gasteiger partial charge in [-0.15, -0.1) is 0 Å². The number of carbonyl (C=O) groups is 1. The summed E-state index contributed by atoms with van der Waals surface area (Å²) in [5.41, 5.74) is 2.11. The number of likely N-dealkylation sites (N-methyl/N-ethyl adjacent to an activating group) is 1. The monoisotopic (exact) mass is 217 g/mol. The summed E-state index contributed by atoms with van der Waals surface area (Å²) in [6, 6.07) is 9.97. The standard InChI is InChI=1S/C14H19NO/c1-4-15(5-2)14(16)11-12(3)13-9-7-6-8-10-13/h6-11H,4-5H2,1-3H3/b12-11+. The molecule has 0 aliphatic carbocycles. The summed E-state index contributed by atoms with van der Waals surface area (Å²) in [5.74, 6) is 0.0892. The Morgan fingerprint density at radius 3 is 2.25 bits per heavy atom. The maximum Gasteiger partial charge on any atom is 0.246 e. The lowest BCUT2D eigenvalue weighted by Gasteiger charge is -2.16. The van der Waals surface area contributed by atoms with E-state index in [4.69, 9.17) is 0 Å². The molecule has 1 rings (SSSR count). The molecule has 2 heteroatoms. The summed E-state index contributed by atoms with van der Waals surface area (Å²) in [5, 5.41) is 0. The number of hydrogen-bond donors (Lipinski definition) is 0. The quantitative estimate of drug-likeness (QED) is 0.710. The molecule has 0 bridgehead atoms. The second-order valence-corrected chi connectivity index (χ2v) is 3.70. The van der Waals surface area contributed by atoms with Crippen LogP contribution in [-0.4, -0.2) is 23.9 Å². The molecule has 0 heterocycles. The van der Waals surface area contributed by atoms with E-state index in [9.17, 15) is 4.79 Å². The molecule has 0 saturated heterocycles. The van der Waals surface area contributed by atoms with Gasteiger partial charge in [-0.3, -0.25) is 4.79 Å². The first-order valence-corrected chi connectivity index (χ1v) is 5.71. The Hall–Kier alpha value is -1.57. The van der Waals surface area contributed by atoms with Gasteiger partial charge >= 0.3 is 0 Å². The van der Waals surface area contributed by atoms with E-state index in [0.29, 0.717) is 0 Å². The van der Waals surface area contributed by atoms with Crippen molar-refractivity contribution < 1.29 is 4.79 Å². The Bertz CT molecular complexity index is 364. The first-order chi connectivity index (χ1) is 7.69. The minimum Gasteiger partial charge on any atom is -0.340 e. The number of nitrogens with zero attached hydrogens (tertiary/aromatic N) is 1. The number of carbonyl (C=O) groups excluding carboxylic acids is 1. The first-order valence-electron chi connectivity index (χ1n) is 5.71. The van der Waals surface area contributed by atoms with Gasteiger partial charge in [0, 0.05) is 19.2 Å². The van der Waals surface area contributed by atoms with Gasteiger partial charge in [-0.05, 0) is 31.9 Å². The molecule has 0 spiro atoms. The van der Waals surface area contributed by atoms with Crippen molar-refractivity contribution in [2.75, 3.05) is 13.1 Å². The zero-order chi connectivity index (χ0) is 12.0. The van der Waals surface area contributed by atoms with Crippen molar-refractivity contribution in [1.82, 2.24) is 4.90 Å². The first kappa shape index (κ1) is 12.5. The number of amides is 1. The van der Waals surface area contributed by atoms with E-state index in [1.807, 2.05) is 56.0 Å². The maximum atomic E-state index is 11.8. The number of hydrogen-bond acceptors (Lipinski definition) is 1. The molecule has 0 saturated carbocycles. The highest BCUT2D eigenvalue weighted by molar-refractivity contribution is 5.94. The van der Waals surface area contributed by atoms with Crippen LogP contribution in [-0.2, 0) is 4.79 Å². The number of allylic oxidation sites excluding steroid dienone is 1. The van der Waals surface area contributed by atoms with Crippen molar-refractivity contribution in [1.29, 1.82) is 0 Å². The average Bonchev–Trinajstić information content (AvgIpc) is 2.31. The van der Waals surface area contributed by atoms with Crippen LogP contribution in [0.3, 0.4) is 0 Å². The van der Waals surface area contributed by atoms with Crippen molar-refractivity contribution in [2.24, 2.45) is 0 Å². The molecular formula is C14H19NO. The van der Waals surface area contributed by atoms with E-state index in [1.165, 1.54) is 0 Å². The van der Waals surface area contributed by atoms with E-state index >= 15 is 0 Å². The molecule has 0 N–H and O–H groups in total. The SMILES string of the molecule is CCN(CC)C(=O)/C=C(\C)c1ccccc1. The molecule has 0 radical (unpaired) electrons. The van der Waals surface area contributed by atoms with Crippen LogP contribution in [0.1, 0.15) is 26.3 Å². The molecule has 0 fully saturated rings. The zero-order valence-electron chi connectivity index (χ0n) is 10.2. The van der Waals surface area contributed by atoms with Crippen molar-refractivity contribution in [3.8, 4) is 0 Å². The highest BCUT2D eigenvalue weighted by Crippen LogP contribution is 2.12. The van der Waals surface area contributed by atoms with Crippen molar-refractivity contribution in [2.45, 2.75) is 20.8 Å². The van der Waals surface area contributed by atoms with Crippen LogP contribution in [0.4, 0.5) is 0 Å². The molecular weight excluding hydrogens is 198 g/mol. The largest absolute Gasteiger partial charge is 0.340 e. The fourth-order valence-electron chi connectivity index (χ4n) is 1.60. The molecule has 0 aliphatic heterocycles. The van der Waals surface area contributed by atoms with Gasteiger partial charge in [0.15, 0.2) is 0 Å². The van der Waals surface area contributed by atoms with Gasteiger partial charge in [0.2, 0.25) is 5.91 Å². The molecule has 0 aromatic heterocycles. The Morgan fingerprint density at radius 1 is 1.19 bits per heavy atom. The van der Waals surface area contributed by atoms with Crippen LogP contribution in [0, 0.1) is 0 Å². The van der Waals surface area contributed by atoms with Crippen LogP contribution in [0.15, 0.2) is 36.4 Å². The summed E-state index contributed by atoms with van der Waals surface area (Å²) in [6.45, 7) is 7.47. The summed E-state index contributed by atoms with van der Waals surface area (Å²) >= 11 is 0. The summed E-state index contributed by atoms with van der Waals surface area (Å²) in [6.07, 6.45) is 1.71. The lowest BCUT2D eigenvalue weighted by Crippen LogP contribution is -2.28. The van der Waals surface area contributed by atoms with Crippen molar-refractivity contribution in [3.05, 3.63) is 42.0 Å². The summed E-state index contributed by atoms with van der Waals surface area (Å²) in [7, 11) is 0. The fourth-order valence-corrected chi connectivity index (χ4v) is 1.60. The lowest BCUT2D eigenvalue weighted by molar-refractivity contribution is -0.125. The predicted molar refractivity (Wildman–Crippen MR) is 68.0 cm³/mol. The summed E-state index contributed by atoms with van der Waals surface area (Å²) < 4.78 is 0. The third-order valence-corrected chi connectivity index (χ3v) is 2.64. The van der Waals surface area contributed by atoms with Crippen molar-refractivity contribution >= 4 is 11.5 Å². The van der Waals surface area contributed by atoms with Crippen LogP contribution < -0.4 is 0 Å². The average molecular weight is 217 g/mol. The highest BCUT2D eigenvalue weighted by Gasteiger charge is 2.06. The van der Waals surface area contributed by atoms with Gasteiger partial charge in [-0.2, -0.15) is 0 Å². The summed E-state index contributed by atoms with van der Waals surface area (Å²) in [4.78, 5) is 13.7. The van der Waals surface area contributed by atoms with E-state index < -0.39 is 0 Å². The second kappa shape index (κ2) is 6.11. The second-order valence-electron chi connectivity index (χ2n) is 3.70. The molecule has 16 heavy (non-hydrogen) atoms. The molecule has 1 aromatic carbocycles. The van der Waals surface area contributed by atoms with E-state index in [1.54, 1.807) is 6.08 Å². The topological polar surface area (TPSA) is 20.3 Å². The molecule has 2 nitrogen and oxygen atoms in total. The van der Waals surface area contributed by atoms with E-state index in [2.05, 4.69) is 0 Å². The molecule has 1 amide bonds. The van der Waals surface area contributed by atoms with Gasteiger partial charge < -0.3 is 4.90 Å². The number of benzene rings is 1. The maximum absolute atomic E-state index is 11.8. The van der Waals surface area contributed by atoms with Crippen LogP contribution in [0.2, 0.25) is 0 Å². The normalized spacial score (nSPS) is 11.3. The van der Waals surface area contributed by atoms with Crippen LogP contribution >= 0.6 is 0 Å². The van der Waals surface area contributed by atoms with E-state index in [0.717, 1.165) is 24.2 Å². The molecule has 1 aromatic rings. The van der Waals surface area contributed by atoms with Gasteiger partial charge in [0.05, 0.1) is 0 Å². The Balaban J connectivity index is 2.81. The Labute approximate surface area is 97.6 Å². The lowest BCUT2D eigenvalue weighted by atomic mass is 10.1. The fraction of sp³-hybridized carbons (Fsp3) is 0.357. The smallest absolute Gasteiger partial charge is 0.246 e. The van der Waals surface area contributed by atoms with Crippen LogP contribution in [0.25, 0.3) is 5.57 Å². The Kier molecular flexibility index (Phi) is 4.77. The van der Waals surface area contributed by atoms with Gasteiger partial charge in [-0.25, -0.2) is 0 Å². The Morgan fingerprint density at radius 2 is 1.75 bits per heavy atom. The zero-order valence-corrected chi connectivity index (χ0v) is 10.2. The van der Waals surface area contributed by atoms with Crippen molar-refractivity contribution in [3.63, 3.8) is 0 Å². The van der Waals surface area contributed by atoms with Gasteiger partial charge in [0.25, 0.3) is 0 Å². The minimum atomic E-state index is 0.0892. The third kappa shape index (κ3) is 3.23. The molecule has 86 valence electrons. The predicted octanol–water partition coefficient (Wildman–Crippen LogP) is 2.96. The molecule has 0 atom stereocenters. The minimum absolute atomic E-state index is 0.0892. The van der Waals surface area contributed by atoms with Gasteiger partial charge in [-0.1, -0.05) is 30.3 Å². The van der Waals surface area contributed by atoms with E-state index in [-0.39, 0.29) is 5.91 Å². The number of rotatable bonds is 4.